The van der Waals surface area contributed by atoms with E-state index in [2.05, 4.69) is 76.1 Å². The molecule has 2 heterocycles. The van der Waals surface area contributed by atoms with E-state index in [0.717, 1.165) is 37.2 Å². The summed E-state index contributed by atoms with van der Waals surface area (Å²) in [6, 6.07) is 8.96. The molecule has 4 nitrogen and oxygen atoms in total. The summed E-state index contributed by atoms with van der Waals surface area (Å²) < 4.78 is 6.45. The maximum absolute atomic E-state index is 12.4. The van der Waals surface area contributed by atoms with Gasteiger partial charge in [-0.15, -0.1) is 0 Å². The Morgan fingerprint density at radius 3 is 3.04 bits per heavy atom. The molecule has 5 heteroatoms. The van der Waals surface area contributed by atoms with Gasteiger partial charge in [0.05, 0.1) is 18.7 Å². The van der Waals surface area contributed by atoms with Gasteiger partial charge in [0, 0.05) is 27.3 Å². The molecule has 1 aromatic rings. The van der Waals surface area contributed by atoms with Crippen molar-refractivity contribution in [2.45, 2.75) is 37.3 Å². The van der Waals surface area contributed by atoms with Gasteiger partial charge in [-0.2, -0.15) is 0 Å². The molecule has 0 bridgehead atoms. The molecule has 0 amide bonds. The fourth-order valence-electron chi connectivity index (χ4n) is 4.95. The molecule has 3 atom stereocenters. The molecule has 0 radical (unpaired) electrons. The number of anilines is 1. The third kappa shape index (κ3) is 2.46. The number of ether oxygens (including phenoxy) is 1. The molecule has 2 aliphatic heterocycles. The monoisotopic (exact) mass is 450 g/mol. The smallest absolute Gasteiger partial charge is 0.335 e. The van der Waals surface area contributed by atoms with Crippen molar-refractivity contribution in [3.05, 3.63) is 51.1 Å². The Morgan fingerprint density at radius 2 is 2.28 bits per heavy atom. The SMILES string of the molecule is C/C=C(\I)CN1CC[C@]23c4ccccc4N[C@H]2C(C(=O)OC)=CC[C@H]13. The zero-order valence-corrected chi connectivity index (χ0v) is 16.7. The van der Waals surface area contributed by atoms with E-state index in [1.54, 1.807) is 0 Å². The van der Waals surface area contributed by atoms with Crippen LogP contribution < -0.4 is 5.32 Å². The van der Waals surface area contributed by atoms with E-state index in [4.69, 9.17) is 4.74 Å². The Bertz CT molecular complexity index is 773. The van der Waals surface area contributed by atoms with E-state index in [1.807, 2.05) is 0 Å². The van der Waals surface area contributed by atoms with Gasteiger partial charge < -0.3 is 10.1 Å². The summed E-state index contributed by atoms with van der Waals surface area (Å²) in [6.07, 6.45) is 6.24. The van der Waals surface area contributed by atoms with Crippen LogP contribution in [0.25, 0.3) is 0 Å². The Morgan fingerprint density at radius 1 is 1.48 bits per heavy atom. The van der Waals surface area contributed by atoms with Crippen molar-refractivity contribution in [3.63, 3.8) is 0 Å². The summed E-state index contributed by atoms with van der Waals surface area (Å²) in [7, 11) is 1.47. The van der Waals surface area contributed by atoms with Gasteiger partial charge in [0.2, 0.25) is 0 Å². The molecule has 1 N–H and O–H groups in total. The van der Waals surface area contributed by atoms with E-state index >= 15 is 0 Å². The number of para-hydroxylation sites is 1. The van der Waals surface area contributed by atoms with Crippen molar-refractivity contribution in [1.29, 1.82) is 0 Å². The van der Waals surface area contributed by atoms with Crippen molar-refractivity contribution >= 4 is 34.2 Å². The van der Waals surface area contributed by atoms with E-state index in [-0.39, 0.29) is 17.4 Å². The van der Waals surface area contributed by atoms with Gasteiger partial charge in [0.25, 0.3) is 0 Å². The molecule has 4 rings (SSSR count). The molecule has 0 aromatic heterocycles. The lowest BCUT2D eigenvalue weighted by Crippen LogP contribution is -2.53. The summed E-state index contributed by atoms with van der Waals surface area (Å²) in [5.41, 5.74) is 3.27. The lowest BCUT2D eigenvalue weighted by atomic mass is 9.65. The molecule has 1 aromatic carbocycles. The average molecular weight is 450 g/mol. The second-order valence-electron chi connectivity index (χ2n) is 7.02. The van der Waals surface area contributed by atoms with Crippen molar-refractivity contribution in [3.8, 4) is 0 Å². The van der Waals surface area contributed by atoms with Crippen LogP contribution in [-0.4, -0.2) is 43.2 Å². The zero-order chi connectivity index (χ0) is 17.6. The number of carbonyl (C=O) groups is 1. The van der Waals surface area contributed by atoms with Crippen LogP contribution in [0.2, 0.25) is 0 Å². The Labute approximate surface area is 162 Å². The van der Waals surface area contributed by atoms with Gasteiger partial charge in [0.15, 0.2) is 0 Å². The number of halogens is 1. The average Bonchev–Trinajstić information content (AvgIpc) is 3.18. The number of rotatable bonds is 3. The zero-order valence-electron chi connectivity index (χ0n) is 14.6. The van der Waals surface area contributed by atoms with Crippen LogP contribution in [0, 0.1) is 0 Å². The second kappa shape index (κ2) is 6.43. The number of hydrogen-bond acceptors (Lipinski definition) is 4. The molecule has 25 heavy (non-hydrogen) atoms. The topological polar surface area (TPSA) is 41.6 Å². The Kier molecular flexibility index (Phi) is 4.40. The highest BCUT2D eigenvalue weighted by Gasteiger charge is 2.60. The Balaban J connectivity index is 1.80. The molecule has 1 fully saturated rings. The number of fused-ring (bicyclic) bond motifs is 1. The first-order chi connectivity index (χ1) is 12.1. The predicted molar refractivity (Wildman–Crippen MR) is 108 cm³/mol. The van der Waals surface area contributed by atoms with Gasteiger partial charge in [-0.3, -0.25) is 4.90 Å². The number of allylic oxidation sites excluding steroid dienone is 1. The van der Waals surface area contributed by atoms with Crippen LogP contribution in [0.1, 0.15) is 25.3 Å². The van der Waals surface area contributed by atoms with E-state index < -0.39 is 0 Å². The standard InChI is InChI=1S/C20H23IN2O2/c1-3-13(21)12-23-11-10-20-15-6-4-5-7-16(15)22-18(20)14(19(24)25-2)8-9-17(20)23/h3-8,17-18,22H,9-12H2,1-2H3/b13-3-/t17-,18-,20+/m0/s1. The number of nitrogens with zero attached hydrogens (tertiary/aromatic N) is 1. The summed E-state index contributed by atoms with van der Waals surface area (Å²) >= 11 is 2.43. The highest BCUT2D eigenvalue weighted by molar-refractivity contribution is 14.1. The van der Waals surface area contributed by atoms with Crippen LogP contribution in [0.4, 0.5) is 5.69 Å². The number of benzene rings is 1. The quantitative estimate of drug-likeness (QED) is 0.564. The Hall–Kier alpha value is -1.34. The normalized spacial score (nSPS) is 30.8. The lowest BCUT2D eigenvalue weighted by molar-refractivity contribution is -0.136. The molecule has 132 valence electrons. The molecule has 0 saturated carbocycles. The molecule has 3 aliphatic rings. The first-order valence-corrected chi connectivity index (χ1v) is 9.89. The minimum absolute atomic E-state index is 0.00404. The van der Waals surface area contributed by atoms with E-state index in [1.165, 1.54) is 16.3 Å². The van der Waals surface area contributed by atoms with E-state index in [9.17, 15) is 4.79 Å². The van der Waals surface area contributed by atoms with Gasteiger partial charge in [-0.1, -0.05) is 30.4 Å². The van der Waals surface area contributed by atoms with Crippen LogP contribution >= 0.6 is 22.6 Å². The number of esters is 1. The number of hydrogen-bond donors (Lipinski definition) is 1. The van der Waals surface area contributed by atoms with Gasteiger partial charge in [0.1, 0.15) is 0 Å². The van der Waals surface area contributed by atoms with Crippen LogP contribution in [-0.2, 0) is 14.9 Å². The first kappa shape index (κ1) is 17.1. The van der Waals surface area contributed by atoms with Crippen LogP contribution in [0.5, 0.6) is 0 Å². The summed E-state index contributed by atoms with van der Waals surface area (Å²) in [5.74, 6) is -0.204. The molecular formula is C20H23IN2O2. The molecule has 1 saturated heterocycles. The van der Waals surface area contributed by atoms with Gasteiger partial charge >= 0.3 is 5.97 Å². The van der Waals surface area contributed by atoms with E-state index in [0.29, 0.717) is 6.04 Å². The summed E-state index contributed by atoms with van der Waals surface area (Å²) in [5, 5.41) is 3.64. The summed E-state index contributed by atoms with van der Waals surface area (Å²) in [4.78, 5) is 15.0. The van der Waals surface area contributed by atoms with Gasteiger partial charge in [-0.05, 0) is 60.5 Å². The van der Waals surface area contributed by atoms with Crippen LogP contribution in [0.15, 0.2) is 45.6 Å². The highest BCUT2D eigenvalue weighted by atomic mass is 127. The van der Waals surface area contributed by atoms with Crippen molar-refractivity contribution in [2.75, 3.05) is 25.5 Å². The number of carbonyl (C=O) groups excluding carboxylic acids is 1. The largest absolute Gasteiger partial charge is 0.466 e. The van der Waals surface area contributed by atoms with Crippen molar-refractivity contribution < 1.29 is 9.53 Å². The fraction of sp³-hybridized carbons (Fsp3) is 0.450. The van der Waals surface area contributed by atoms with Crippen molar-refractivity contribution in [1.82, 2.24) is 4.90 Å². The lowest BCUT2D eigenvalue weighted by Gasteiger charge is -2.43. The molecule has 0 unspecified atom stereocenters. The summed E-state index contributed by atoms with van der Waals surface area (Å²) in [6.45, 7) is 4.14. The minimum Gasteiger partial charge on any atom is -0.466 e. The maximum atomic E-state index is 12.4. The maximum Gasteiger partial charge on any atom is 0.335 e. The second-order valence-corrected chi connectivity index (χ2v) is 8.41. The van der Waals surface area contributed by atoms with Gasteiger partial charge in [-0.25, -0.2) is 4.79 Å². The third-order valence-corrected chi connectivity index (χ3v) is 7.02. The third-order valence-electron chi connectivity index (χ3n) is 6.05. The fourth-order valence-corrected chi connectivity index (χ4v) is 5.39. The highest BCUT2D eigenvalue weighted by Crippen LogP contribution is 2.55. The minimum atomic E-state index is -0.204. The van der Waals surface area contributed by atoms with Crippen LogP contribution in [0.3, 0.4) is 0 Å². The first-order valence-electron chi connectivity index (χ1n) is 8.81. The number of nitrogens with one attached hydrogen (secondary N) is 1. The van der Waals surface area contributed by atoms with Crippen molar-refractivity contribution in [2.24, 2.45) is 0 Å². The molecule has 1 spiro atoms. The molecule has 1 aliphatic carbocycles. The predicted octanol–water partition coefficient (Wildman–Crippen LogP) is 3.63. The number of likely N-dealkylation sites (tertiary alicyclic amines) is 1. The number of methoxy groups -OCH3 is 1. The molecular weight excluding hydrogens is 427 g/mol.